The van der Waals surface area contributed by atoms with Crippen LogP contribution in [0.5, 0.6) is 5.75 Å². The van der Waals surface area contributed by atoms with Crippen LogP contribution in [0.1, 0.15) is 19.4 Å². The van der Waals surface area contributed by atoms with Gasteiger partial charge in [-0.15, -0.1) is 0 Å². The van der Waals surface area contributed by atoms with Gasteiger partial charge in [0.1, 0.15) is 5.75 Å². The molecule has 1 aliphatic heterocycles. The molecule has 0 radical (unpaired) electrons. The fourth-order valence-electron chi connectivity index (χ4n) is 1.91. The largest absolute Gasteiger partial charge is 0.496 e. The third-order valence-corrected chi connectivity index (χ3v) is 4.83. The Labute approximate surface area is 100 Å². The summed E-state index contributed by atoms with van der Waals surface area (Å²) in [5, 5.41) is 9.90. The second-order valence-corrected chi connectivity index (χ2v) is 6.33. The SMILES string of the molecule is COc1cccc2c1C=C(C(C)(C)O)S2(=O)=O. The Morgan fingerprint density at radius 2 is 1.94 bits per heavy atom. The second-order valence-electron chi connectivity index (χ2n) is 4.44. The molecule has 1 aliphatic rings. The molecule has 0 fully saturated rings. The Balaban J connectivity index is 2.74. The Hall–Kier alpha value is -1.33. The maximum atomic E-state index is 12.2. The molecule has 0 aromatic heterocycles. The predicted octanol–water partition coefficient (Wildman–Crippen LogP) is 1.59. The van der Waals surface area contributed by atoms with Crippen molar-refractivity contribution in [1.82, 2.24) is 0 Å². The maximum absolute atomic E-state index is 12.2. The average molecular weight is 254 g/mol. The summed E-state index contributed by atoms with van der Waals surface area (Å²) in [4.78, 5) is 0.193. The minimum Gasteiger partial charge on any atom is -0.496 e. The van der Waals surface area contributed by atoms with Gasteiger partial charge in [-0.3, -0.25) is 0 Å². The summed E-state index contributed by atoms with van der Waals surface area (Å²) in [6.07, 6.45) is 1.48. The standard InChI is InChI=1S/C12H14O4S/c1-12(2,13)11-7-8-9(16-3)5-4-6-10(8)17(11,14)15/h4-7,13H,1-3H3. The van der Waals surface area contributed by atoms with Crippen molar-refractivity contribution in [2.45, 2.75) is 24.3 Å². The minimum absolute atomic E-state index is 0.00417. The van der Waals surface area contributed by atoms with E-state index < -0.39 is 15.4 Å². The zero-order chi connectivity index (χ0) is 12.8. The highest BCUT2D eigenvalue weighted by Crippen LogP contribution is 2.41. The fourth-order valence-corrected chi connectivity index (χ4v) is 3.79. The van der Waals surface area contributed by atoms with E-state index in [0.29, 0.717) is 11.3 Å². The van der Waals surface area contributed by atoms with E-state index >= 15 is 0 Å². The first kappa shape index (κ1) is 12.1. The first-order valence-electron chi connectivity index (χ1n) is 5.15. The highest BCUT2D eigenvalue weighted by Gasteiger charge is 2.39. The Morgan fingerprint density at radius 3 is 2.47 bits per heavy atom. The van der Waals surface area contributed by atoms with Gasteiger partial charge in [-0.1, -0.05) is 6.07 Å². The minimum atomic E-state index is -3.61. The number of fused-ring (bicyclic) bond motifs is 1. The van der Waals surface area contributed by atoms with Crippen LogP contribution in [0.4, 0.5) is 0 Å². The molecular weight excluding hydrogens is 240 g/mol. The normalized spacial score (nSPS) is 17.5. The number of rotatable bonds is 2. The number of hydrogen-bond donors (Lipinski definition) is 1. The van der Waals surface area contributed by atoms with Crippen molar-refractivity contribution < 1.29 is 18.3 Å². The second kappa shape index (κ2) is 3.58. The van der Waals surface area contributed by atoms with Crippen LogP contribution in [0.2, 0.25) is 0 Å². The number of methoxy groups -OCH3 is 1. The molecule has 0 spiro atoms. The summed E-state index contributed by atoms with van der Waals surface area (Å²) in [5.41, 5.74) is -0.893. The number of hydrogen-bond acceptors (Lipinski definition) is 4. The Bertz CT molecular complexity index is 591. The molecule has 0 saturated carbocycles. The summed E-state index contributed by atoms with van der Waals surface area (Å²) >= 11 is 0. The quantitative estimate of drug-likeness (QED) is 0.870. The van der Waals surface area contributed by atoms with E-state index in [1.165, 1.54) is 33.1 Å². The van der Waals surface area contributed by atoms with Gasteiger partial charge < -0.3 is 9.84 Å². The fraction of sp³-hybridized carbons (Fsp3) is 0.333. The first-order valence-corrected chi connectivity index (χ1v) is 6.63. The molecular formula is C12H14O4S. The van der Waals surface area contributed by atoms with Crippen LogP contribution in [-0.4, -0.2) is 26.2 Å². The Morgan fingerprint density at radius 1 is 1.29 bits per heavy atom. The highest BCUT2D eigenvalue weighted by molar-refractivity contribution is 7.96. The van der Waals surface area contributed by atoms with Crippen LogP contribution < -0.4 is 4.74 Å². The molecule has 0 unspecified atom stereocenters. The van der Waals surface area contributed by atoms with Crippen molar-refractivity contribution in [3.63, 3.8) is 0 Å². The lowest BCUT2D eigenvalue weighted by molar-refractivity contribution is 0.129. The van der Waals surface area contributed by atoms with Crippen molar-refractivity contribution in [1.29, 1.82) is 0 Å². The van der Waals surface area contributed by atoms with Crippen LogP contribution in [-0.2, 0) is 9.84 Å². The third-order valence-electron chi connectivity index (χ3n) is 2.70. The monoisotopic (exact) mass is 254 g/mol. The molecule has 92 valence electrons. The Kier molecular flexibility index (Phi) is 2.56. The molecule has 0 aliphatic carbocycles. The lowest BCUT2D eigenvalue weighted by atomic mass is 10.1. The van der Waals surface area contributed by atoms with Gasteiger partial charge in [0.15, 0.2) is 0 Å². The van der Waals surface area contributed by atoms with Crippen LogP contribution in [0, 0.1) is 0 Å². The first-order chi connectivity index (χ1) is 7.78. The highest BCUT2D eigenvalue weighted by atomic mass is 32.2. The van der Waals surface area contributed by atoms with E-state index in [0.717, 1.165) is 0 Å². The van der Waals surface area contributed by atoms with E-state index in [1.807, 2.05) is 0 Å². The molecule has 1 aromatic rings. The molecule has 2 rings (SSSR count). The van der Waals surface area contributed by atoms with Crippen molar-refractivity contribution >= 4 is 15.9 Å². The number of sulfone groups is 1. The molecule has 1 aromatic carbocycles. The summed E-state index contributed by atoms with van der Waals surface area (Å²) < 4.78 is 29.6. The number of aliphatic hydroxyl groups is 1. The van der Waals surface area contributed by atoms with Gasteiger partial charge in [0.25, 0.3) is 0 Å². The van der Waals surface area contributed by atoms with E-state index in [1.54, 1.807) is 12.1 Å². The van der Waals surface area contributed by atoms with Gasteiger partial charge in [0.05, 0.1) is 22.5 Å². The summed E-state index contributed by atoms with van der Waals surface area (Å²) in [7, 11) is -2.12. The summed E-state index contributed by atoms with van der Waals surface area (Å²) in [5.74, 6) is 0.491. The van der Waals surface area contributed by atoms with Gasteiger partial charge in [-0.25, -0.2) is 8.42 Å². The van der Waals surface area contributed by atoms with Gasteiger partial charge in [-0.05, 0) is 32.1 Å². The van der Waals surface area contributed by atoms with Crippen molar-refractivity contribution in [3.8, 4) is 5.75 Å². The van der Waals surface area contributed by atoms with Crippen molar-refractivity contribution in [3.05, 3.63) is 28.7 Å². The molecule has 0 atom stereocenters. The van der Waals surface area contributed by atoms with E-state index in [2.05, 4.69) is 0 Å². The third kappa shape index (κ3) is 1.75. The van der Waals surface area contributed by atoms with E-state index in [4.69, 9.17) is 4.74 Å². The van der Waals surface area contributed by atoms with Crippen LogP contribution in [0.25, 0.3) is 6.08 Å². The number of ether oxygens (including phenoxy) is 1. The molecule has 1 heterocycles. The van der Waals surface area contributed by atoms with Crippen LogP contribution in [0.15, 0.2) is 28.0 Å². The molecule has 5 heteroatoms. The number of benzene rings is 1. The predicted molar refractivity (Wildman–Crippen MR) is 64.5 cm³/mol. The van der Waals surface area contributed by atoms with Gasteiger partial charge in [-0.2, -0.15) is 0 Å². The summed E-state index contributed by atoms with van der Waals surface area (Å²) in [6, 6.07) is 4.83. The van der Waals surface area contributed by atoms with Gasteiger partial charge >= 0.3 is 0 Å². The smallest absolute Gasteiger partial charge is 0.206 e. The van der Waals surface area contributed by atoms with Crippen molar-refractivity contribution in [2.75, 3.05) is 7.11 Å². The van der Waals surface area contributed by atoms with Crippen molar-refractivity contribution in [2.24, 2.45) is 0 Å². The average Bonchev–Trinajstić information content (AvgIpc) is 2.50. The topological polar surface area (TPSA) is 63.6 Å². The molecule has 0 bridgehead atoms. The maximum Gasteiger partial charge on any atom is 0.206 e. The van der Waals surface area contributed by atoms with Gasteiger partial charge in [0, 0.05) is 5.56 Å². The zero-order valence-electron chi connectivity index (χ0n) is 9.89. The van der Waals surface area contributed by atoms with E-state index in [-0.39, 0.29) is 9.80 Å². The van der Waals surface area contributed by atoms with Gasteiger partial charge in [0.2, 0.25) is 9.84 Å². The van der Waals surface area contributed by atoms with E-state index in [9.17, 15) is 13.5 Å². The molecule has 0 amide bonds. The lowest BCUT2D eigenvalue weighted by Crippen LogP contribution is -2.25. The molecule has 1 N–H and O–H groups in total. The zero-order valence-corrected chi connectivity index (χ0v) is 10.7. The molecule has 4 nitrogen and oxygen atoms in total. The van der Waals surface area contributed by atoms with Crippen LogP contribution >= 0.6 is 0 Å². The molecule has 0 saturated heterocycles. The van der Waals surface area contributed by atoms with Crippen LogP contribution in [0.3, 0.4) is 0 Å². The molecule has 17 heavy (non-hydrogen) atoms. The summed E-state index contributed by atoms with van der Waals surface area (Å²) in [6.45, 7) is 2.91. The lowest BCUT2D eigenvalue weighted by Gasteiger charge is -2.18.